The molecular weight excluding hydrogens is 446 g/mol. The second-order valence-corrected chi connectivity index (χ2v) is 17.0. The first kappa shape index (κ1) is 25.0. The van der Waals surface area contributed by atoms with Gasteiger partial charge >= 0.3 is 12.1 Å². The molecule has 0 N–H and O–H groups in total. The average molecular weight is 486 g/mol. The van der Waals surface area contributed by atoms with Crippen LogP contribution < -0.4 is 0 Å². The molecule has 34 heavy (non-hydrogen) atoms. The smallest absolute Gasteiger partial charge is 0.411 e. The molecule has 6 nitrogen and oxygen atoms in total. The summed E-state index contributed by atoms with van der Waals surface area (Å²) in [6.45, 7) is 19.2. The minimum atomic E-state index is -2.03. The van der Waals surface area contributed by atoms with Crippen LogP contribution in [0.25, 0.3) is 0 Å². The van der Waals surface area contributed by atoms with Gasteiger partial charge in [-0.15, -0.1) is 0 Å². The molecule has 0 aromatic heterocycles. The maximum absolute atomic E-state index is 13.4. The van der Waals surface area contributed by atoms with Crippen LogP contribution >= 0.6 is 0 Å². The highest BCUT2D eigenvalue weighted by Gasteiger charge is 2.66. The first-order valence-electron chi connectivity index (χ1n) is 12.3. The topological polar surface area (TPSA) is 65.1 Å². The Balaban J connectivity index is 1.73. The number of hydrogen-bond donors (Lipinski definition) is 0. The predicted octanol–water partition coefficient (Wildman–Crippen LogP) is 6.16. The van der Waals surface area contributed by atoms with E-state index in [4.69, 9.17) is 13.9 Å². The van der Waals surface area contributed by atoms with Crippen molar-refractivity contribution in [2.45, 2.75) is 84.3 Å². The lowest BCUT2D eigenvalue weighted by Gasteiger charge is -2.44. The number of ether oxygens (including phenoxy) is 2. The van der Waals surface area contributed by atoms with Crippen LogP contribution in [0.5, 0.6) is 0 Å². The molecule has 4 rings (SSSR count). The predicted molar refractivity (Wildman–Crippen MR) is 134 cm³/mol. The van der Waals surface area contributed by atoms with Gasteiger partial charge in [-0.3, -0.25) is 4.90 Å². The number of nitrogens with zero attached hydrogens (tertiary/aromatic N) is 1. The fourth-order valence-corrected chi connectivity index (χ4v) is 6.31. The molecule has 1 aromatic carbocycles. The summed E-state index contributed by atoms with van der Waals surface area (Å²) in [6, 6.07) is 7.80. The normalized spacial score (nSPS) is 25.6. The first-order chi connectivity index (χ1) is 15.7. The Bertz CT molecular complexity index is 1030. The molecule has 0 spiro atoms. The summed E-state index contributed by atoms with van der Waals surface area (Å²) >= 11 is 0. The van der Waals surface area contributed by atoms with Crippen molar-refractivity contribution in [3.63, 3.8) is 0 Å². The number of fused-ring (bicyclic) bond motifs is 8. The number of benzene rings is 1. The quantitative estimate of drug-likeness (QED) is 0.369. The Hall–Kier alpha value is -2.12. The van der Waals surface area contributed by atoms with E-state index in [2.05, 4.69) is 46.0 Å². The number of amides is 1. The van der Waals surface area contributed by atoms with Gasteiger partial charge in [0.05, 0.1) is 25.3 Å². The molecule has 7 heteroatoms. The lowest BCUT2D eigenvalue weighted by atomic mass is 9.60. The molecule has 2 bridgehead atoms. The molecule has 1 saturated heterocycles. The second kappa shape index (κ2) is 8.23. The van der Waals surface area contributed by atoms with E-state index in [0.29, 0.717) is 18.8 Å². The molecule has 1 aliphatic carbocycles. The Morgan fingerprint density at radius 1 is 0.971 bits per heavy atom. The SMILES string of the molecule is CCOC(=O)C1=C(CO[Si](C)(C)C(C)(C)C)[C@H]2[C@@H]1[C@@H]1c3ccccc3[C@H]2N1C(=O)OC(C)(C)C. The average Bonchev–Trinajstić information content (AvgIpc) is 3.14. The molecule has 0 radical (unpaired) electrons. The summed E-state index contributed by atoms with van der Waals surface area (Å²) < 4.78 is 17.9. The summed E-state index contributed by atoms with van der Waals surface area (Å²) in [5, 5.41) is 0.0601. The van der Waals surface area contributed by atoms with Gasteiger partial charge in [-0.25, -0.2) is 9.59 Å². The molecule has 1 fully saturated rings. The number of hydrogen-bond acceptors (Lipinski definition) is 5. The first-order valence-corrected chi connectivity index (χ1v) is 15.2. The summed E-state index contributed by atoms with van der Waals surface area (Å²) in [6.07, 6.45) is -0.332. The van der Waals surface area contributed by atoms with Crippen LogP contribution in [0.2, 0.25) is 18.1 Å². The molecule has 0 saturated carbocycles. The van der Waals surface area contributed by atoms with Crippen LogP contribution in [0.3, 0.4) is 0 Å². The molecule has 186 valence electrons. The van der Waals surface area contributed by atoms with Gasteiger partial charge < -0.3 is 13.9 Å². The number of esters is 1. The third-order valence-electron chi connectivity index (χ3n) is 7.88. The third kappa shape index (κ3) is 3.90. The maximum atomic E-state index is 13.4. The molecule has 3 aliphatic rings. The second-order valence-electron chi connectivity index (χ2n) is 12.2. The third-order valence-corrected chi connectivity index (χ3v) is 12.4. The van der Waals surface area contributed by atoms with Crippen molar-refractivity contribution in [2.75, 3.05) is 13.2 Å². The van der Waals surface area contributed by atoms with Crippen molar-refractivity contribution in [2.24, 2.45) is 11.8 Å². The molecule has 2 aliphatic heterocycles. The van der Waals surface area contributed by atoms with Crippen molar-refractivity contribution >= 4 is 20.4 Å². The van der Waals surface area contributed by atoms with Gasteiger partial charge in [0.25, 0.3) is 0 Å². The van der Waals surface area contributed by atoms with E-state index in [1.807, 2.05) is 44.7 Å². The summed E-state index contributed by atoms with van der Waals surface area (Å²) in [4.78, 5) is 28.4. The van der Waals surface area contributed by atoms with Crippen LogP contribution in [-0.4, -0.2) is 44.1 Å². The summed E-state index contributed by atoms with van der Waals surface area (Å²) in [5.41, 5.74) is 3.33. The minimum Gasteiger partial charge on any atom is -0.463 e. The van der Waals surface area contributed by atoms with Crippen molar-refractivity contribution < 1.29 is 23.5 Å². The van der Waals surface area contributed by atoms with E-state index in [1.54, 1.807) is 0 Å². The highest BCUT2D eigenvalue weighted by atomic mass is 28.4. The summed E-state index contributed by atoms with van der Waals surface area (Å²) in [5.74, 6) is -0.340. The van der Waals surface area contributed by atoms with Crippen molar-refractivity contribution in [1.29, 1.82) is 0 Å². The number of carbonyl (C=O) groups is 2. The molecule has 1 amide bonds. The Morgan fingerprint density at radius 3 is 2.03 bits per heavy atom. The zero-order chi connectivity index (χ0) is 25.2. The number of carbonyl (C=O) groups excluding carboxylic acids is 2. The van der Waals surface area contributed by atoms with Crippen LogP contribution in [0, 0.1) is 11.8 Å². The van der Waals surface area contributed by atoms with E-state index >= 15 is 0 Å². The summed E-state index contributed by atoms with van der Waals surface area (Å²) in [7, 11) is -2.03. The van der Waals surface area contributed by atoms with E-state index in [1.165, 1.54) is 0 Å². The Labute approximate surface area is 204 Å². The van der Waals surface area contributed by atoms with Gasteiger partial charge in [0.15, 0.2) is 8.32 Å². The highest BCUT2D eigenvalue weighted by molar-refractivity contribution is 6.74. The van der Waals surface area contributed by atoms with Gasteiger partial charge in [-0.1, -0.05) is 45.0 Å². The van der Waals surface area contributed by atoms with Gasteiger partial charge in [-0.05, 0) is 62.5 Å². The van der Waals surface area contributed by atoms with Crippen LogP contribution in [0.15, 0.2) is 35.4 Å². The highest BCUT2D eigenvalue weighted by Crippen LogP contribution is 2.68. The van der Waals surface area contributed by atoms with Crippen LogP contribution in [-0.2, 0) is 18.7 Å². The maximum Gasteiger partial charge on any atom is 0.411 e. The van der Waals surface area contributed by atoms with E-state index in [9.17, 15) is 9.59 Å². The lowest BCUT2D eigenvalue weighted by Crippen LogP contribution is -2.45. The number of rotatable bonds is 5. The van der Waals surface area contributed by atoms with E-state index in [0.717, 1.165) is 16.7 Å². The zero-order valence-electron chi connectivity index (χ0n) is 22.0. The molecule has 4 atom stereocenters. The molecular formula is C27H39NO5Si. The van der Waals surface area contributed by atoms with Crippen molar-refractivity contribution in [1.82, 2.24) is 4.90 Å². The monoisotopic (exact) mass is 485 g/mol. The molecule has 1 aromatic rings. The Kier molecular flexibility index (Phi) is 6.05. The standard InChI is InChI=1S/C27H39NO5Si/c1-10-31-24(29)20-18(15-32-34(8,9)27(5,6)7)19-21(20)23-17-14-12-11-13-16(17)22(19)28(23)25(30)33-26(2,3)4/h11-14,19,21-23H,10,15H2,1-9H3/t19-,21-,22+,23-/m0/s1. The zero-order valence-corrected chi connectivity index (χ0v) is 23.0. The fourth-order valence-electron chi connectivity index (χ4n) is 5.36. The van der Waals surface area contributed by atoms with Gasteiger partial charge in [0.1, 0.15) is 5.60 Å². The van der Waals surface area contributed by atoms with Gasteiger partial charge in [0.2, 0.25) is 0 Å². The van der Waals surface area contributed by atoms with E-state index < -0.39 is 13.9 Å². The van der Waals surface area contributed by atoms with Gasteiger partial charge in [-0.2, -0.15) is 0 Å². The van der Waals surface area contributed by atoms with Crippen LogP contribution in [0.1, 0.15) is 71.7 Å². The lowest BCUT2D eigenvalue weighted by molar-refractivity contribution is -0.140. The molecule has 2 heterocycles. The molecule has 0 unspecified atom stereocenters. The fraction of sp³-hybridized carbons (Fsp3) is 0.630. The van der Waals surface area contributed by atoms with Crippen molar-refractivity contribution in [3.05, 3.63) is 46.5 Å². The van der Waals surface area contributed by atoms with Crippen LogP contribution in [0.4, 0.5) is 4.79 Å². The Morgan fingerprint density at radius 2 is 1.53 bits per heavy atom. The van der Waals surface area contributed by atoms with E-state index in [-0.39, 0.29) is 41.0 Å². The largest absolute Gasteiger partial charge is 0.463 e. The van der Waals surface area contributed by atoms with Gasteiger partial charge in [0, 0.05) is 17.4 Å². The van der Waals surface area contributed by atoms with Crippen molar-refractivity contribution in [3.8, 4) is 0 Å². The minimum absolute atomic E-state index is 0.0385.